The van der Waals surface area contributed by atoms with E-state index >= 15 is 0 Å². The van der Waals surface area contributed by atoms with E-state index in [0.717, 1.165) is 37.2 Å². The van der Waals surface area contributed by atoms with Crippen LogP contribution in [-0.4, -0.2) is 20.1 Å². The molecule has 0 saturated carbocycles. The molecule has 0 atom stereocenters. The Bertz CT molecular complexity index is 1420. The number of nitrogens with one attached hydrogen (secondary N) is 1. The normalized spacial score (nSPS) is 13.7. The summed E-state index contributed by atoms with van der Waals surface area (Å²) in [7, 11) is 0. The minimum Gasteiger partial charge on any atom is -0.494 e. The van der Waals surface area contributed by atoms with E-state index in [0.29, 0.717) is 11.2 Å². The molecule has 29 heavy (non-hydrogen) atoms. The van der Waals surface area contributed by atoms with E-state index in [1.165, 1.54) is 0 Å². The molecule has 0 saturated heterocycles. The van der Waals surface area contributed by atoms with Gasteiger partial charge in [-0.2, -0.15) is 0 Å². The Morgan fingerprint density at radius 2 is 1.86 bits per heavy atom. The number of aromatic nitrogens is 3. The number of azo groups is 1. The van der Waals surface area contributed by atoms with Crippen LogP contribution in [0.4, 0.5) is 5.69 Å². The number of benzene rings is 1. The number of pyridine rings is 2. The molecule has 4 heterocycles. The number of aromatic amines is 1. The van der Waals surface area contributed by atoms with Crippen molar-refractivity contribution in [1.29, 1.82) is 0 Å². The van der Waals surface area contributed by atoms with Crippen LogP contribution in [-0.2, 0) is 0 Å². The quantitative estimate of drug-likeness (QED) is 0.497. The highest BCUT2D eigenvalue weighted by atomic mass is 79.9. The van der Waals surface area contributed by atoms with E-state index in [4.69, 9.17) is 0 Å². The summed E-state index contributed by atoms with van der Waals surface area (Å²) in [5.74, 6) is 0.0836. The molecule has 6 nitrogen and oxygen atoms in total. The summed E-state index contributed by atoms with van der Waals surface area (Å²) in [5, 5.41) is 21.6. The number of rotatable bonds is 3. The molecule has 3 aromatic heterocycles. The van der Waals surface area contributed by atoms with Gasteiger partial charge in [0.15, 0.2) is 5.88 Å². The zero-order valence-electron chi connectivity index (χ0n) is 15.0. The maximum Gasteiger partial charge on any atom is 0.198 e. The molecule has 7 heteroatoms. The largest absolute Gasteiger partial charge is 0.494 e. The maximum atomic E-state index is 10.3. The first-order valence-electron chi connectivity index (χ1n) is 8.89. The third-order valence-electron chi connectivity index (χ3n) is 4.65. The second-order valence-electron chi connectivity index (χ2n) is 6.56. The number of hydrogen-bond acceptors (Lipinski definition) is 5. The summed E-state index contributed by atoms with van der Waals surface area (Å²) < 4.78 is 0.849. The van der Waals surface area contributed by atoms with Crippen LogP contribution in [0.1, 0.15) is 11.1 Å². The molecule has 1 aromatic carbocycles. The fraction of sp³-hybridized carbons (Fsp3) is 0. The third-order valence-corrected chi connectivity index (χ3v) is 5.08. The van der Waals surface area contributed by atoms with E-state index in [2.05, 4.69) is 41.1 Å². The third kappa shape index (κ3) is 3.36. The van der Waals surface area contributed by atoms with E-state index in [1.54, 1.807) is 18.6 Å². The van der Waals surface area contributed by atoms with Gasteiger partial charge < -0.3 is 10.1 Å². The SMILES string of the molecule is Oc1[nH]c2ncc(Br)cc2c1C=c1ccc2c(c1)N=NC=2/C=C/c1ccncc1. The summed E-state index contributed by atoms with van der Waals surface area (Å²) in [4.78, 5) is 11.2. The van der Waals surface area contributed by atoms with Crippen molar-refractivity contribution in [3.8, 4) is 5.88 Å². The predicted molar refractivity (Wildman–Crippen MR) is 116 cm³/mol. The molecule has 0 unspecified atom stereocenters. The Labute approximate surface area is 173 Å². The standard InChI is InChI=1S/C22H14BrN5O/c23-15-11-17-18(22(29)26-21(17)25-12-15)9-14-1-3-16-19(27-28-20(16)10-14)4-2-13-5-7-24-8-6-13/h1-12,29H,(H,25,26)/b4-2+,14-9?. The first-order chi connectivity index (χ1) is 14.2. The second-order valence-corrected chi connectivity index (χ2v) is 7.47. The number of H-pyrrole nitrogens is 1. The van der Waals surface area contributed by atoms with Crippen LogP contribution in [0.3, 0.4) is 0 Å². The van der Waals surface area contributed by atoms with Crippen molar-refractivity contribution in [3.05, 3.63) is 87.1 Å². The second kappa shape index (κ2) is 7.10. The van der Waals surface area contributed by atoms with Gasteiger partial charge in [-0.3, -0.25) is 4.98 Å². The minimum absolute atomic E-state index is 0.0836. The molecule has 0 spiro atoms. The maximum absolute atomic E-state index is 10.3. The Morgan fingerprint density at radius 3 is 2.72 bits per heavy atom. The lowest BCUT2D eigenvalue weighted by atomic mass is 10.1. The summed E-state index contributed by atoms with van der Waals surface area (Å²) in [5.41, 5.74) is 3.98. The molecular formula is C22H14BrN5O. The Hall–Kier alpha value is -3.58. The van der Waals surface area contributed by atoms with Gasteiger partial charge >= 0.3 is 0 Å². The van der Waals surface area contributed by atoms with Crippen molar-refractivity contribution >= 4 is 50.5 Å². The smallest absolute Gasteiger partial charge is 0.198 e. The monoisotopic (exact) mass is 443 g/mol. The zero-order chi connectivity index (χ0) is 19.8. The molecular weight excluding hydrogens is 430 g/mol. The van der Waals surface area contributed by atoms with Gasteiger partial charge in [-0.25, -0.2) is 4.98 Å². The number of aromatic hydroxyl groups is 1. The lowest BCUT2D eigenvalue weighted by molar-refractivity contribution is 0.457. The van der Waals surface area contributed by atoms with Crippen LogP contribution in [0, 0.1) is 0 Å². The van der Waals surface area contributed by atoms with Gasteiger partial charge in [-0.05, 0) is 69.2 Å². The van der Waals surface area contributed by atoms with E-state index in [1.807, 2.05) is 54.6 Å². The predicted octanol–water partition coefficient (Wildman–Crippen LogP) is 4.17. The Balaban J connectivity index is 1.57. The van der Waals surface area contributed by atoms with Crippen molar-refractivity contribution in [2.75, 3.05) is 0 Å². The summed E-state index contributed by atoms with van der Waals surface area (Å²) in [6, 6.07) is 11.7. The van der Waals surface area contributed by atoms with Crippen molar-refractivity contribution < 1.29 is 5.11 Å². The topological polar surface area (TPSA) is 86.5 Å². The molecule has 1 aliphatic rings. The summed E-state index contributed by atoms with van der Waals surface area (Å²) in [6.07, 6.45) is 11.0. The van der Waals surface area contributed by atoms with Crippen LogP contribution < -0.4 is 10.4 Å². The van der Waals surface area contributed by atoms with Gasteiger partial charge in [0.2, 0.25) is 0 Å². The molecule has 0 amide bonds. The minimum atomic E-state index is 0.0836. The highest BCUT2D eigenvalue weighted by molar-refractivity contribution is 9.10. The molecule has 0 bridgehead atoms. The first-order valence-corrected chi connectivity index (χ1v) is 9.69. The first kappa shape index (κ1) is 17.5. The van der Waals surface area contributed by atoms with Gasteiger partial charge in [-0.15, -0.1) is 10.2 Å². The van der Waals surface area contributed by atoms with Gasteiger partial charge in [0.1, 0.15) is 5.65 Å². The molecule has 0 fully saturated rings. The van der Waals surface area contributed by atoms with Crippen molar-refractivity contribution in [3.63, 3.8) is 0 Å². The van der Waals surface area contributed by atoms with Gasteiger partial charge in [-0.1, -0.05) is 12.1 Å². The van der Waals surface area contributed by atoms with Crippen LogP contribution in [0.15, 0.2) is 75.8 Å². The van der Waals surface area contributed by atoms with Crippen LogP contribution in [0.25, 0.3) is 28.9 Å². The molecule has 0 radical (unpaired) electrons. The van der Waals surface area contributed by atoms with Gasteiger partial charge in [0.25, 0.3) is 0 Å². The fourth-order valence-electron chi connectivity index (χ4n) is 3.24. The van der Waals surface area contributed by atoms with Crippen LogP contribution in [0.5, 0.6) is 5.88 Å². The molecule has 1 aliphatic heterocycles. The molecule has 0 aliphatic carbocycles. The Kier molecular flexibility index (Phi) is 4.29. The average molecular weight is 444 g/mol. The molecule has 5 rings (SSSR count). The number of halogens is 1. The number of hydrogen-bond donors (Lipinski definition) is 2. The van der Waals surface area contributed by atoms with E-state index in [-0.39, 0.29) is 5.88 Å². The zero-order valence-corrected chi connectivity index (χ0v) is 16.6. The number of nitrogens with zero attached hydrogens (tertiary/aromatic N) is 4. The summed E-state index contributed by atoms with van der Waals surface area (Å²) >= 11 is 3.43. The Morgan fingerprint density at radius 1 is 1.00 bits per heavy atom. The van der Waals surface area contributed by atoms with E-state index in [9.17, 15) is 5.11 Å². The molecule has 2 N–H and O–H groups in total. The highest BCUT2D eigenvalue weighted by Crippen LogP contribution is 2.28. The van der Waals surface area contributed by atoms with Gasteiger partial charge in [0.05, 0.1) is 11.4 Å². The highest BCUT2D eigenvalue weighted by Gasteiger charge is 2.11. The summed E-state index contributed by atoms with van der Waals surface area (Å²) in [6.45, 7) is 0. The van der Waals surface area contributed by atoms with Crippen molar-refractivity contribution in [1.82, 2.24) is 15.0 Å². The van der Waals surface area contributed by atoms with Crippen molar-refractivity contribution in [2.45, 2.75) is 0 Å². The van der Waals surface area contributed by atoms with E-state index < -0.39 is 0 Å². The number of fused-ring (bicyclic) bond motifs is 2. The van der Waals surface area contributed by atoms with Gasteiger partial charge in [0, 0.05) is 39.2 Å². The van der Waals surface area contributed by atoms with Crippen molar-refractivity contribution in [2.24, 2.45) is 10.2 Å². The lowest BCUT2D eigenvalue weighted by Crippen LogP contribution is -2.08. The molecule has 4 aromatic rings. The van der Waals surface area contributed by atoms with Crippen LogP contribution >= 0.6 is 15.9 Å². The fourth-order valence-corrected chi connectivity index (χ4v) is 3.57. The molecule has 140 valence electrons. The average Bonchev–Trinajstić information content (AvgIpc) is 3.28. The van der Waals surface area contributed by atoms with Crippen LogP contribution in [0.2, 0.25) is 0 Å². The lowest BCUT2D eigenvalue weighted by Gasteiger charge is -1.95.